The van der Waals surface area contributed by atoms with E-state index in [4.69, 9.17) is 0 Å². The van der Waals surface area contributed by atoms with Crippen molar-refractivity contribution in [1.29, 1.82) is 0 Å². The van der Waals surface area contributed by atoms with E-state index in [1.165, 1.54) is 6.07 Å². The zero-order valence-electron chi connectivity index (χ0n) is 13.5. The first kappa shape index (κ1) is 21.0. The molecule has 0 heterocycles. The minimum absolute atomic E-state index is 0. The molecule has 4 nitrogen and oxygen atoms in total. The van der Waals surface area contributed by atoms with Crippen molar-refractivity contribution in [2.45, 2.75) is 44.5 Å². The van der Waals surface area contributed by atoms with Gasteiger partial charge in [0.25, 0.3) is 0 Å². The molecule has 0 atom stereocenters. The van der Waals surface area contributed by atoms with Gasteiger partial charge in [-0.15, -0.1) is 24.0 Å². The fourth-order valence-corrected chi connectivity index (χ4v) is 2.37. The third-order valence-electron chi connectivity index (χ3n) is 3.89. The van der Waals surface area contributed by atoms with Crippen molar-refractivity contribution in [3.8, 4) is 0 Å². The third-order valence-corrected chi connectivity index (χ3v) is 3.89. The molecule has 0 aliphatic heterocycles. The molecule has 24 heavy (non-hydrogen) atoms. The highest BCUT2D eigenvalue weighted by atomic mass is 127. The fourth-order valence-electron chi connectivity index (χ4n) is 2.37. The Kier molecular flexibility index (Phi) is 7.78. The molecule has 1 aromatic carbocycles. The quantitative estimate of drug-likeness (QED) is 0.362. The van der Waals surface area contributed by atoms with Gasteiger partial charge in [0.2, 0.25) is 0 Å². The number of guanidine groups is 1. The van der Waals surface area contributed by atoms with Crippen LogP contribution in [0.25, 0.3) is 0 Å². The van der Waals surface area contributed by atoms with Gasteiger partial charge in [0.1, 0.15) is 0 Å². The van der Waals surface area contributed by atoms with E-state index in [1.54, 1.807) is 6.07 Å². The van der Waals surface area contributed by atoms with Gasteiger partial charge < -0.3 is 15.7 Å². The maximum absolute atomic E-state index is 12.7. The smallest absolute Gasteiger partial charge is 0.388 e. The molecule has 3 N–H and O–H groups in total. The Labute approximate surface area is 157 Å². The van der Waals surface area contributed by atoms with E-state index in [0.29, 0.717) is 24.6 Å². The summed E-state index contributed by atoms with van der Waals surface area (Å²) in [5, 5.41) is 16.1. The van der Waals surface area contributed by atoms with Crippen molar-refractivity contribution in [2.24, 2.45) is 4.99 Å². The number of nitrogens with one attached hydrogen (secondary N) is 2. The van der Waals surface area contributed by atoms with E-state index in [-0.39, 0.29) is 30.5 Å². The molecule has 1 aromatic rings. The Morgan fingerprint density at radius 1 is 1.29 bits per heavy atom. The molecule has 1 fully saturated rings. The summed E-state index contributed by atoms with van der Waals surface area (Å²) in [6.07, 6.45) is -1.83. The summed E-state index contributed by atoms with van der Waals surface area (Å²) in [6.45, 7) is 3.06. The zero-order chi connectivity index (χ0) is 16.9. The molecule has 136 valence electrons. The summed E-state index contributed by atoms with van der Waals surface area (Å²) in [7, 11) is 0. The maximum atomic E-state index is 12.7. The Morgan fingerprint density at radius 3 is 2.54 bits per heavy atom. The highest BCUT2D eigenvalue weighted by Crippen LogP contribution is 2.31. The van der Waals surface area contributed by atoms with Crippen LogP contribution in [-0.4, -0.2) is 29.8 Å². The van der Waals surface area contributed by atoms with Crippen LogP contribution in [0.15, 0.2) is 29.3 Å². The molecule has 1 aliphatic rings. The largest absolute Gasteiger partial charge is 0.416 e. The van der Waals surface area contributed by atoms with Crippen LogP contribution in [0.4, 0.5) is 13.2 Å². The summed E-state index contributed by atoms with van der Waals surface area (Å²) in [5.41, 5.74) is -0.877. The molecule has 8 heteroatoms. The summed E-state index contributed by atoms with van der Waals surface area (Å²) in [6, 6.07) is 5.14. The minimum Gasteiger partial charge on any atom is -0.388 e. The lowest BCUT2D eigenvalue weighted by molar-refractivity contribution is -0.137. The minimum atomic E-state index is -4.35. The summed E-state index contributed by atoms with van der Waals surface area (Å²) in [5.74, 6) is 0.491. The molecule has 0 amide bonds. The lowest BCUT2D eigenvalue weighted by Crippen LogP contribution is -2.50. The SMILES string of the molecule is CCNC(=NCc1cccc(C(F)(F)F)c1)NCC1(O)CCC1.I. The van der Waals surface area contributed by atoms with Crippen molar-refractivity contribution in [2.75, 3.05) is 13.1 Å². The van der Waals surface area contributed by atoms with Gasteiger partial charge in [0.05, 0.1) is 17.7 Å². The molecule has 0 radical (unpaired) electrons. The van der Waals surface area contributed by atoms with E-state index in [2.05, 4.69) is 15.6 Å². The van der Waals surface area contributed by atoms with Crippen molar-refractivity contribution < 1.29 is 18.3 Å². The van der Waals surface area contributed by atoms with Crippen LogP contribution in [0.2, 0.25) is 0 Å². The summed E-state index contributed by atoms with van der Waals surface area (Å²) < 4.78 is 38.1. The van der Waals surface area contributed by atoms with Gasteiger partial charge in [-0.25, -0.2) is 4.99 Å². The number of aliphatic hydroxyl groups is 1. The van der Waals surface area contributed by atoms with Gasteiger partial charge in [-0.2, -0.15) is 13.2 Å². The Morgan fingerprint density at radius 2 is 2.00 bits per heavy atom. The summed E-state index contributed by atoms with van der Waals surface area (Å²) >= 11 is 0. The Bertz CT molecular complexity index is 560. The Hall–Kier alpha value is -1.03. The molecule has 0 unspecified atom stereocenters. The number of nitrogens with zero attached hydrogens (tertiary/aromatic N) is 1. The van der Waals surface area contributed by atoms with Gasteiger partial charge >= 0.3 is 6.18 Å². The van der Waals surface area contributed by atoms with Crippen LogP contribution in [0.5, 0.6) is 0 Å². The van der Waals surface area contributed by atoms with E-state index in [0.717, 1.165) is 31.4 Å². The Balaban J connectivity index is 0.00000288. The molecule has 0 spiro atoms. The van der Waals surface area contributed by atoms with Crippen LogP contribution in [0, 0.1) is 0 Å². The van der Waals surface area contributed by atoms with E-state index in [1.807, 2.05) is 6.92 Å². The predicted octanol–water partition coefficient (Wildman–Crippen LogP) is 3.29. The number of hydrogen-bond donors (Lipinski definition) is 3. The number of alkyl halides is 3. The van der Waals surface area contributed by atoms with Crippen LogP contribution in [0.1, 0.15) is 37.3 Å². The molecule has 1 aliphatic carbocycles. The second kappa shape index (κ2) is 8.89. The lowest BCUT2D eigenvalue weighted by atomic mass is 9.80. The highest BCUT2D eigenvalue weighted by molar-refractivity contribution is 14.0. The van der Waals surface area contributed by atoms with Crippen molar-refractivity contribution in [3.05, 3.63) is 35.4 Å². The normalized spacial score (nSPS) is 16.8. The number of hydrogen-bond acceptors (Lipinski definition) is 2. The molecule has 0 aromatic heterocycles. The average molecular weight is 457 g/mol. The zero-order valence-corrected chi connectivity index (χ0v) is 15.8. The van der Waals surface area contributed by atoms with E-state index in [9.17, 15) is 18.3 Å². The standard InChI is InChI=1S/C16H22F3N3O.HI/c1-2-20-14(22-11-15(23)7-4-8-15)21-10-12-5-3-6-13(9-12)16(17,18)19;/h3,5-6,9,23H,2,4,7-8,10-11H2,1H3,(H2,20,21,22);1H. The third kappa shape index (κ3) is 6.12. The topological polar surface area (TPSA) is 56.7 Å². The number of halogens is 4. The van der Waals surface area contributed by atoms with Crippen molar-refractivity contribution in [3.63, 3.8) is 0 Å². The van der Waals surface area contributed by atoms with Crippen LogP contribution in [0.3, 0.4) is 0 Å². The first-order chi connectivity index (χ1) is 10.8. The second-order valence-corrected chi connectivity index (χ2v) is 5.82. The van der Waals surface area contributed by atoms with Gasteiger partial charge in [-0.05, 0) is 43.9 Å². The van der Waals surface area contributed by atoms with Crippen molar-refractivity contribution in [1.82, 2.24) is 10.6 Å². The molecular weight excluding hydrogens is 434 g/mol. The molecular formula is C16H23F3IN3O. The van der Waals surface area contributed by atoms with E-state index >= 15 is 0 Å². The first-order valence-electron chi connectivity index (χ1n) is 7.73. The average Bonchev–Trinajstić information content (AvgIpc) is 2.47. The first-order valence-corrected chi connectivity index (χ1v) is 7.73. The van der Waals surface area contributed by atoms with Gasteiger partial charge in [-0.1, -0.05) is 12.1 Å². The molecule has 0 bridgehead atoms. The molecule has 2 rings (SSSR count). The van der Waals surface area contributed by atoms with Crippen LogP contribution < -0.4 is 10.6 Å². The summed E-state index contributed by atoms with van der Waals surface area (Å²) in [4.78, 5) is 4.28. The lowest BCUT2D eigenvalue weighted by Gasteiger charge is -2.37. The van der Waals surface area contributed by atoms with Crippen LogP contribution >= 0.6 is 24.0 Å². The maximum Gasteiger partial charge on any atom is 0.416 e. The molecule has 0 saturated heterocycles. The monoisotopic (exact) mass is 457 g/mol. The molecule has 1 saturated carbocycles. The predicted molar refractivity (Wildman–Crippen MR) is 98.5 cm³/mol. The second-order valence-electron chi connectivity index (χ2n) is 5.82. The number of benzene rings is 1. The van der Waals surface area contributed by atoms with Gasteiger partial charge in [-0.3, -0.25) is 0 Å². The highest BCUT2D eigenvalue weighted by Gasteiger charge is 2.34. The number of aliphatic imine (C=N–C) groups is 1. The number of rotatable bonds is 5. The fraction of sp³-hybridized carbons (Fsp3) is 0.562. The van der Waals surface area contributed by atoms with Crippen molar-refractivity contribution >= 4 is 29.9 Å². The van der Waals surface area contributed by atoms with E-state index < -0.39 is 17.3 Å². The van der Waals surface area contributed by atoms with Gasteiger partial charge in [0, 0.05) is 13.1 Å². The van der Waals surface area contributed by atoms with Crippen LogP contribution in [-0.2, 0) is 12.7 Å². The van der Waals surface area contributed by atoms with Gasteiger partial charge in [0.15, 0.2) is 5.96 Å².